The predicted octanol–water partition coefficient (Wildman–Crippen LogP) is 2.97. The van der Waals surface area contributed by atoms with E-state index in [1.54, 1.807) is 12.1 Å². The number of likely N-dealkylation sites (tertiary alicyclic amines) is 1. The van der Waals surface area contributed by atoms with Crippen LogP contribution in [-0.4, -0.2) is 41.5 Å². The molecular formula is C16H20Cl2N2O3. The zero-order chi connectivity index (χ0) is 17.0. The topological polar surface area (TPSA) is 69.6 Å². The van der Waals surface area contributed by atoms with E-state index in [0.29, 0.717) is 23.0 Å². The number of hydrogen-bond acceptors (Lipinski definition) is 3. The van der Waals surface area contributed by atoms with E-state index >= 15 is 0 Å². The van der Waals surface area contributed by atoms with E-state index in [-0.39, 0.29) is 24.4 Å². The Balaban J connectivity index is 1.88. The number of carbonyl (C=O) groups is 2. The van der Waals surface area contributed by atoms with Crippen molar-refractivity contribution in [2.24, 2.45) is 5.92 Å². The Morgan fingerprint density at radius 3 is 2.78 bits per heavy atom. The molecule has 0 aromatic heterocycles. The van der Waals surface area contributed by atoms with Gasteiger partial charge in [-0.2, -0.15) is 0 Å². The summed E-state index contributed by atoms with van der Waals surface area (Å²) < 4.78 is 0. The van der Waals surface area contributed by atoms with Crippen LogP contribution < -0.4 is 5.32 Å². The van der Waals surface area contributed by atoms with Crippen LogP contribution in [0.4, 0.5) is 0 Å². The average Bonchev–Trinajstić information content (AvgIpc) is 2.50. The van der Waals surface area contributed by atoms with Crippen molar-refractivity contribution in [3.63, 3.8) is 0 Å². The molecule has 1 fully saturated rings. The highest BCUT2D eigenvalue weighted by Gasteiger charge is 2.26. The summed E-state index contributed by atoms with van der Waals surface area (Å²) in [5.74, 6) is -1.31. The molecule has 1 amide bonds. The zero-order valence-electron chi connectivity index (χ0n) is 12.9. The summed E-state index contributed by atoms with van der Waals surface area (Å²) in [7, 11) is 0. The van der Waals surface area contributed by atoms with Crippen LogP contribution in [0.3, 0.4) is 0 Å². The monoisotopic (exact) mass is 358 g/mol. The molecule has 2 N–H and O–H groups in total. The third-order valence-electron chi connectivity index (χ3n) is 4.04. The van der Waals surface area contributed by atoms with Gasteiger partial charge in [0, 0.05) is 6.54 Å². The molecule has 2 rings (SSSR count). The Labute approximate surface area is 145 Å². The molecule has 0 spiro atoms. The second kappa shape index (κ2) is 7.99. The molecule has 0 radical (unpaired) electrons. The van der Waals surface area contributed by atoms with Gasteiger partial charge in [-0.15, -0.1) is 0 Å². The van der Waals surface area contributed by atoms with Crippen LogP contribution in [0.5, 0.6) is 0 Å². The van der Waals surface area contributed by atoms with Gasteiger partial charge in [0.05, 0.1) is 28.5 Å². The molecule has 1 heterocycles. The first-order valence-electron chi connectivity index (χ1n) is 7.56. The molecule has 0 saturated carbocycles. The van der Waals surface area contributed by atoms with Crippen molar-refractivity contribution < 1.29 is 14.7 Å². The van der Waals surface area contributed by atoms with Gasteiger partial charge in [0.15, 0.2) is 0 Å². The van der Waals surface area contributed by atoms with Crippen molar-refractivity contribution in [2.45, 2.75) is 25.8 Å². The smallest absolute Gasteiger partial charge is 0.307 e. The lowest BCUT2D eigenvalue weighted by atomic mass is 9.98. The van der Waals surface area contributed by atoms with E-state index in [1.165, 1.54) is 0 Å². The number of aliphatic carboxylic acids is 1. The lowest BCUT2D eigenvalue weighted by molar-refractivity contribution is -0.144. The molecule has 23 heavy (non-hydrogen) atoms. The zero-order valence-corrected chi connectivity index (χ0v) is 14.4. The van der Waals surface area contributed by atoms with E-state index in [9.17, 15) is 9.59 Å². The van der Waals surface area contributed by atoms with Crippen LogP contribution in [0, 0.1) is 5.92 Å². The summed E-state index contributed by atoms with van der Waals surface area (Å²) in [6.07, 6.45) is 1.47. The number of piperidine rings is 1. The Morgan fingerprint density at radius 2 is 2.13 bits per heavy atom. The number of rotatable bonds is 5. The lowest BCUT2D eigenvalue weighted by Gasteiger charge is -2.30. The van der Waals surface area contributed by atoms with Crippen molar-refractivity contribution >= 4 is 35.1 Å². The Bertz CT molecular complexity index is 595. The van der Waals surface area contributed by atoms with Crippen LogP contribution in [0.25, 0.3) is 0 Å². The lowest BCUT2D eigenvalue weighted by Crippen LogP contribution is -2.44. The average molecular weight is 359 g/mol. The number of nitrogens with zero attached hydrogens (tertiary/aromatic N) is 1. The first-order chi connectivity index (χ1) is 10.9. The van der Waals surface area contributed by atoms with Crippen LogP contribution in [-0.2, 0) is 9.59 Å². The van der Waals surface area contributed by atoms with E-state index in [2.05, 4.69) is 5.32 Å². The summed E-state index contributed by atoms with van der Waals surface area (Å²) in [5.41, 5.74) is 0.870. The number of benzene rings is 1. The standard InChI is InChI=1S/C16H20Cl2N2O3/c1-10(11-4-5-13(17)14(18)7-11)19-15(21)9-20-6-2-3-12(8-20)16(22)23/h4-5,7,10,12H,2-3,6,8-9H2,1H3,(H,19,21)(H,22,23). The number of carboxylic acids is 1. The van der Waals surface area contributed by atoms with Gasteiger partial charge in [-0.25, -0.2) is 0 Å². The summed E-state index contributed by atoms with van der Waals surface area (Å²) in [4.78, 5) is 25.1. The summed E-state index contributed by atoms with van der Waals surface area (Å²) in [6.45, 7) is 3.24. The van der Waals surface area contributed by atoms with Crippen molar-refractivity contribution in [1.29, 1.82) is 0 Å². The van der Waals surface area contributed by atoms with Crippen LogP contribution in [0.1, 0.15) is 31.4 Å². The van der Waals surface area contributed by atoms with Crippen molar-refractivity contribution in [2.75, 3.05) is 19.6 Å². The Kier molecular flexibility index (Phi) is 6.27. The fourth-order valence-electron chi connectivity index (χ4n) is 2.76. The van der Waals surface area contributed by atoms with Crippen LogP contribution in [0.2, 0.25) is 10.0 Å². The first-order valence-corrected chi connectivity index (χ1v) is 8.32. The predicted molar refractivity (Wildman–Crippen MR) is 89.8 cm³/mol. The molecule has 0 bridgehead atoms. The van der Waals surface area contributed by atoms with Gasteiger partial charge in [-0.3, -0.25) is 14.5 Å². The largest absolute Gasteiger partial charge is 0.481 e. The van der Waals surface area contributed by atoms with Gasteiger partial charge in [0.2, 0.25) is 5.91 Å². The van der Waals surface area contributed by atoms with Gasteiger partial charge in [-0.1, -0.05) is 29.3 Å². The van der Waals surface area contributed by atoms with Crippen LogP contribution in [0.15, 0.2) is 18.2 Å². The number of carbonyl (C=O) groups excluding carboxylic acids is 1. The van der Waals surface area contributed by atoms with Crippen LogP contribution >= 0.6 is 23.2 Å². The molecule has 0 aliphatic carbocycles. The molecule has 2 atom stereocenters. The molecule has 1 aromatic rings. The highest BCUT2D eigenvalue weighted by Crippen LogP contribution is 2.25. The van der Waals surface area contributed by atoms with Gasteiger partial charge >= 0.3 is 5.97 Å². The Morgan fingerprint density at radius 1 is 1.39 bits per heavy atom. The van der Waals surface area contributed by atoms with Crippen molar-refractivity contribution in [1.82, 2.24) is 10.2 Å². The number of nitrogens with one attached hydrogen (secondary N) is 1. The van der Waals surface area contributed by atoms with Gasteiger partial charge in [-0.05, 0) is 44.0 Å². The summed E-state index contributed by atoms with van der Waals surface area (Å²) in [5, 5.41) is 12.9. The fraction of sp³-hybridized carbons (Fsp3) is 0.500. The molecule has 1 aliphatic heterocycles. The van der Waals surface area contributed by atoms with E-state index in [0.717, 1.165) is 18.5 Å². The van der Waals surface area contributed by atoms with Gasteiger partial charge < -0.3 is 10.4 Å². The fourth-order valence-corrected chi connectivity index (χ4v) is 3.06. The van der Waals surface area contributed by atoms with Crippen molar-refractivity contribution in [3.8, 4) is 0 Å². The maximum absolute atomic E-state index is 12.2. The molecule has 7 heteroatoms. The molecule has 1 aliphatic rings. The number of amides is 1. The minimum absolute atomic E-state index is 0.130. The molecule has 1 saturated heterocycles. The number of hydrogen-bond donors (Lipinski definition) is 2. The highest BCUT2D eigenvalue weighted by atomic mass is 35.5. The van der Waals surface area contributed by atoms with Gasteiger partial charge in [0.1, 0.15) is 0 Å². The third kappa shape index (κ3) is 5.09. The first kappa shape index (κ1) is 18.0. The normalized spacial score (nSPS) is 20.0. The third-order valence-corrected chi connectivity index (χ3v) is 4.78. The number of carboxylic acid groups (broad SMARTS) is 1. The van der Waals surface area contributed by atoms with Crippen molar-refractivity contribution in [3.05, 3.63) is 33.8 Å². The quantitative estimate of drug-likeness (QED) is 0.848. The van der Waals surface area contributed by atoms with E-state index in [4.69, 9.17) is 28.3 Å². The minimum Gasteiger partial charge on any atom is -0.481 e. The molecule has 126 valence electrons. The minimum atomic E-state index is -0.792. The van der Waals surface area contributed by atoms with Gasteiger partial charge in [0.25, 0.3) is 0 Å². The summed E-state index contributed by atoms with van der Waals surface area (Å²) in [6, 6.07) is 5.05. The maximum Gasteiger partial charge on any atom is 0.307 e. The molecule has 2 unspecified atom stereocenters. The molecular weight excluding hydrogens is 339 g/mol. The maximum atomic E-state index is 12.2. The SMILES string of the molecule is CC(NC(=O)CN1CCCC(C(=O)O)C1)c1ccc(Cl)c(Cl)c1. The number of halogens is 2. The molecule has 5 nitrogen and oxygen atoms in total. The van der Waals surface area contributed by atoms with E-state index < -0.39 is 5.97 Å². The van der Waals surface area contributed by atoms with E-state index in [1.807, 2.05) is 17.9 Å². The molecule has 1 aromatic carbocycles. The summed E-state index contributed by atoms with van der Waals surface area (Å²) >= 11 is 11.9. The highest BCUT2D eigenvalue weighted by molar-refractivity contribution is 6.42. The Hall–Kier alpha value is -1.30. The second-order valence-corrected chi connectivity index (χ2v) is 6.69. The second-order valence-electron chi connectivity index (χ2n) is 5.88.